The van der Waals surface area contributed by atoms with Gasteiger partial charge in [0, 0.05) is 5.56 Å². The normalized spacial score (nSPS) is 17.2. The zero-order valence-corrected chi connectivity index (χ0v) is 17.6. The van der Waals surface area contributed by atoms with Gasteiger partial charge in [-0.15, -0.1) is 0 Å². The summed E-state index contributed by atoms with van der Waals surface area (Å²) in [5.74, 6) is -2.99. The lowest BCUT2D eigenvalue weighted by Crippen LogP contribution is -2.65. The van der Waals surface area contributed by atoms with Crippen molar-refractivity contribution in [2.24, 2.45) is 5.92 Å². The first-order chi connectivity index (χ1) is 16.0. The SMILES string of the molecule is O=C(O)c1ccc(C(=O)OC[C@@H]2[C@H](Cc3ccccc3)C(=O)N2C(=O)c2ccccc2)cc1. The number of nitrogens with zero attached hydrogens (tertiary/aromatic N) is 1. The Hall–Kier alpha value is -4.26. The van der Waals surface area contributed by atoms with E-state index in [-0.39, 0.29) is 23.6 Å². The summed E-state index contributed by atoms with van der Waals surface area (Å²) in [6.07, 6.45) is 0.424. The minimum Gasteiger partial charge on any atom is -0.478 e. The molecule has 0 unspecified atom stereocenters. The number of carbonyl (C=O) groups excluding carboxylic acids is 3. The predicted octanol–water partition coefficient (Wildman–Crippen LogP) is 3.45. The lowest BCUT2D eigenvalue weighted by molar-refractivity contribution is -0.153. The second kappa shape index (κ2) is 9.48. The molecule has 33 heavy (non-hydrogen) atoms. The molecule has 0 aromatic heterocycles. The highest BCUT2D eigenvalue weighted by atomic mass is 16.5. The van der Waals surface area contributed by atoms with Gasteiger partial charge in [-0.25, -0.2) is 9.59 Å². The average Bonchev–Trinajstić information content (AvgIpc) is 2.85. The molecule has 0 radical (unpaired) electrons. The van der Waals surface area contributed by atoms with Crippen LogP contribution < -0.4 is 0 Å². The van der Waals surface area contributed by atoms with E-state index in [1.54, 1.807) is 30.3 Å². The van der Waals surface area contributed by atoms with Gasteiger partial charge in [0.15, 0.2) is 0 Å². The third-order valence-electron chi connectivity index (χ3n) is 5.64. The molecule has 7 nitrogen and oxygen atoms in total. The smallest absolute Gasteiger partial charge is 0.338 e. The van der Waals surface area contributed by atoms with Crippen LogP contribution in [0, 0.1) is 5.92 Å². The summed E-state index contributed by atoms with van der Waals surface area (Å²) in [6, 6.07) is 22.7. The van der Waals surface area contributed by atoms with Crippen LogP contribution in [-0.2, 0) is 16.0 Å². The number of benzene rings is 3. The molecular formula is C26H21NO6. The van der Waals surface area contributed by atoms with Crippen molar-refractivity contribution in [2.75, 3.05) is 6.61 Å². The summed E-state index contributed by atoms with van der Waals surface area (Å²) >= 11 is 0. The molecule has 7 heteroatoms. The number of carbonyl (C=O) groups is 4. The first-order valence-electron chi connectivity index (χ1n) is 10.4. The molecule has 166 valence electrons. The molecule has 0 spiro atoms. The second-order valence-corrected chi connectivity index (χ2v) is 7.72. The average molecular weight is 443 g/mol. The van der Waals surface area contributed by atoms with E-state index in [0.29, 0.717) is 12.0 Å². The van der Waals surface area contributed by atoms with Gasteiger partial charge in [-0.1, -0.05) is 48.5 Å². The Morgan fingerprint density at radius 3 is 1.97 bits per heavy atom. The monoisotopic (exact) mass is 443 g/mol. The van der Waals surface area contributed by atoms with Crippen LogP contribution in [0.2, 0.25) is 0 Å². The number of β-lactam (4-membered cyclic amide) rings is 1. The number of imide groups is 1. The van der Waals surface area contributed by atoms with Crippen LogP contribution in [0.3, 0.4) is 0 Å². The topological polar surface area (TPSA) is 101 Å². The van der Waals surface area contributed by atoms with Crippen molar-refractivity contribution in [2.45, 2.75) is 12.5 Å². The van der Waals surface area contributed by atoms with E-state index in [1.807, 2.05) is 30.3 Å². The number of esters is 1. The summed E-state index contributed by atoms with van der Waals surface area (Å²) in [6.45, 7) is -0.151. The molecule has 3 aromatic carbocycles. The maximum absolute atomic E-state index is 13.0. The Morgan fingerprint density at radius 2 is 1.36 bits per heavy atom. The molecular weight excluding hydrogens is 422 g/mol. The molecule has 0 aliphatic carbocycles. The van der Waals surface area contributed by atoms with E-state index >= 15 is 0 Å². The number of carboxylic acids is 1. The van der Waals surface area contributed by atoms with Gasteiger partial charge >= 0.3 is 11.9 Å². The van der Waals surface area contributed by atoms with Crippen molar-refractivity contribution in [1.82, 2.24) is 4.90 Å². The van der Waals surface area contributed by atoms with E-state index in [9.17, 15) is 19.2 Å². The van der Waals surface area contributed by atoms with Crippen LogP contribution in [0.4, 0.5) is 0 Å². The van der Waals surface area contributed by atoms with Crippen molar-refractivity contribution in [3.05, 3.63) is 107 Å². The molecule has 2 atom stereocenters. The Labute approximate surface area is 190 Å². The van der Waals surface area contributed by atoms with Crippen molar-refractivity contribution >= 4 is 23.8 Å². The summed E-state index contributed by atoms with van der Waals surface area (Å²) < 4.78 is 5.43. The van der Waals surface area contributed by atoms with Gasteiger partial charge in [-0.2, -0.15) is 0 Å². The number of carboxylic acid groups (broad SMARTS) is 1. The van der Waals surface area contributed by atoms with Gasteiger partial charge < -0.3 is 9.84 Å². The van der Waals surface area contributed by atoms with Crippen molar-refractivity contribution < 1.29 is 29.0 Å². The fraction of sp³-hybridized carbons (Fsp3) is 0.154. The quantitative estimate of drug-likeness (QED) is 0.341. The minimum atomic E-state index is -1.10. The number of amides is 2. The first kappa shape index (κ1) is 22.0. The number of ether oxygens (including phenoxy) is 1. The summed E-state index contributed by atoms with van der Waals surface area (Å²) in [7, 11) is 0. The highest BCUT2D eigenvalue weighted by molar-refractivity contribution is 6.09. The third-order valence-corrected chi connectivity index (χ3v) is 5.64. The van der Waals surface area contributed by atoms with Crippen LogP contribution in [0.25, 0.3) is 0 Å². The third kappa shape index (κ3) is 4.67. The van der Waals surface area contributed by atoms with E-state index in [4.69, 9.17) is 9.84 Å². The van der Waals surface area contributed by atoms with E-state index in [1.165, 1.54) is 24.3 Å². The summed E-state index contributed by atoms with van der Waals surface area (Å²) in [4.78, 5) is 50.5. The molecule has 0 saturated carbocycles. The predicted molar refractivity (Wildman–Crippen MR) is 119 cm³/mol. The van der Waals surface area contributed by atoms with Gasteiger partial charge in [0.25, 0.3) is 5.91 Å². The molecule has 0 bridgehead atoms. The molecule has 4 rings (SSSR count). The Balaban J connectivity index is 1.50. The number of likely N-dealkylation sites (tertiary alicyclic amines) is 1. The largest absolute Gasteiger partial charge is 0.478 e. The van der Waals surface area contributed by atoms with Crippen LogP contribution in [0.1, 0.15) is 36.6 Å². The first-order valence-corrected chi connectivity index (χ1v) is 10.4. The lowest BCUT2D eigenvalue weighted by atomic mass is 9.82. The lowest BCUT2D eigenvalue weighted by Gasteiger charge is -2.45. The van der Waals surface area contributed by atoms with Crippen molar-refractivity contribution in [3.8, 4) is 0 Å². The van der Waals surface area contributed by atoms with Crippen molar-refractivity contribution in [1.29, 1.82) is 0 Å². The molecule has 1 N–H and O–H groups in total. The molecule has 1 aliphatic rings. The highest BCUT2D eigenvalue weighted by Gasteiger charge is 2.51. The van der Waals surface area contributed by atoms with Crippen molar-refractivity contribution in [3.63, 3.8) is 0 Å². The zero-order chi connectivity index (χ0) is 23.4. The van der Waals surface area contributed by atoms with Gasteiger partial charge in [0.2, 0.25) is 5.91 Å². The molecule has 1 heterocycles. The van der Waals surface area contributed by atoms with Gasteiger partial charge in [-0.05, 0) is 48.4 Å². The molecule has 3 aromatic rings. The maximum atomic E-state index is 13.0. The van der Waals surface area contributed by atoms with Crippen LogP contribution >= 0.6 is 0 Å². The fourth-order valence-electron chi connectivity index (χ4n) is 3.85. The highest BCUT2D eigenvalue weighted by Crippen LogP contribution is 2.32. The van der Waals surface area contributed by atoms with E-state index in [0.717, 1.165) is 10.5 Å². The Morgan fingerprint density at radius 1 is 0.788 bits per heavy atom. The Bertz CT molecular complexity index is 1170. The number of rotatable bonds is 7. The van der Waals surface area contributed by atoms with Crippen LogP contribution in [0.5, 0.6) is 0 Å². The maximum Gasteiger partial charge on any atom is 0.338 e. The zero-order valence-electron chi connectivity index (χ0n) is 17.6. The van der Waals surface area contributed by atoms with E-state index in [2.05, 4.69) is 0 Å². The summed E-state index contributed by atoms with van der Waals surface area (Å²) in [5.41, 5.74) is 1.57. The van der Waals surface area contributed by atoms with Crippen LogP contribution in [-0.4, -0.2) is 46.4 Å². The standard InChI is InChI=1S/C26H21NO6/c28-23(18-9-5-2-6-10-18)27-22(21(24(27)29)15-17-7-3-1-4-8-17)16-33-26(32)20-13-11-19(12-14-20)25(30)31/h1-14,21-22H,15-16H2,(H,30,31)/t21-,22+/m0/s1. The number of hydrogen-bond acceptors (Lipinski definition) is 5. The van der Waals surface area contributed by atoms with Gasteiger partial charge in [0.1, 0.15) is 6.61 Å². The molecule has 1 saturated heterocycles. The van der Waals surface area contributed by atoms with E-state index < -0.39 is 29.8 Å². The number of aromatic carboxylic acids is 1. The molecule has 2 amide bonds. The minimum absolute atomic E-state index is 0.0543. The summed E-state index contributed by atoms with van der Waals surface area (Å²) in [5, 5.41) is 8.99. The number of hydrogen-bond donors (Lipinski definition) is 1. The Kier molecular flexibility index (Phi) is 6.31. The second-order valence-electron chi connectivity index (χ2n) is 7.72. The van der Waals surface area contributed by atoms with Gasteiger partial charge in [-0.3, -0.25) is 14.5 Å². The fourth-order valence-corrected chi connectivity index (χ4v) is 3.85. The van der Waals surface area contributed by atoms with Crippen LogP contribution in [0.15, 0.2) is 84.9 Å². The van der Waals surface area contributed by atoms with Gasteiger partial charge in [0.05, 0.1) is 23.1 Å². The molecule has 1 aliphatic heterocycles. The molecule has 1 fully saturated rings.